The quantitative estimate of drug-likeness (QED) is 0.764. The van der Waals surface area contributed by atoms with E-state index in [-0.39, 0.29) is 5.75 Å². The summed E-state index contributed by atoms with van der Waals surface area (Å²) in [6, 6.07) is 4.93. The van der Waals surface area contributed by atoms with E-state index in [0.717, 1.165) is 0 Å². The standard InChI is InChI=1S/C22H34N4O5/c1-21(2,3)30-19(28)25(8)13-12-24(7)14-15-18-16(10-9-11-17(18)27)26(23-15)20(29)31-22(4,5)6/h9-11,27H,12-14H2,1-8H3. The average molecular weight is 435 g/mol. The number of carbonyl (C=O) groups is 2. The van der Waals surface area contributed by atoms with Gasteiger partial charge in [0, 0.05) is 26.7 Å². The maximum atomic E-state index is 12.6. The van der Waals surface area contributed by atoms with Gasteiger partial charge in [0.05, 0.1) is 16.6 Å². The van der Waals surface area contributed by atoms with E-state index >= 15 is 0 Å². The summed E-state index contributed by atoms with van der Waals surface area (Å²) < 4.78 is 12.0. The van der Waals surface area contributed by atoms with Crippen LogP contribution < -0.4 is 0 Å². The van der Waals surface area contributed by atoms with Crippen molar-refractivity contribution in [1.29, 1.82) is 0 Å². The first-order valence-electron chi connectivity index (χ1n) is 10.2. The number of benzene rings is 1. The summed E-state index contributed by atoms with van der Waals surface area (Å²) in [4.78, 5) is 28.2. The van der Waals surface area contributed by atoms with Gasteiger partial charge in [0.2, 0.25) is 0 Å². The van der Waals surface area contributed by atoms with Gasteiger partial charge in [0.1, 0.15) is 17.0 Å². The number of hydrogen-bond acceptors (Lipinski definition) is 7. The van der Waals surface area contributed by atoms with E-state index in [0.29, 0.717) is 36.2 Å². The van der Waals surface area contributed by atoms with Crippen molar-refractivity contribution in [2.24, 2.45) is 0 Å². The summed E-state index contributed by atoms with van der Waals surface area (Å²) in [5, 5.41) is 15.3. The van der Waals surface area contributed by atoms with Gasteiger partial charge >= 0.3 is 12.2 Å². The summed E-state index contributed by atoms with van der Waals surface area (Å²) in [5.41, 5.74) is -0.206. The van der Waals surface area contributed by atoms with E-state index in [1.54, 1.807) is 46.0 Å². The second kappa shape index (κ2) is 9.13. The van der Waals surface area contributed by atoms with E-state index in [2.05, 4.69) is 5.10 Å². The van der Waals surface area contributed by atoms with Crippen LogP contribution in [0.4, 0.5) is 9.59 Å². The minimum absolute atomic E-state index is 0.0431. The maximum absolute atomic E-state index is 12.6. The minimum atomic E-state index is -0.671. The molecule has 0 aliphatic carbocycles. The molecule has 0 atom stereocenters. The van der Waals surface area contributed by atoms with E-state index in [4.69, 9.17) is 9.47 Å². The molecule has 0 radical (unpaired) electrons. The van der Waals surface area contributed by atoms with E-state index in [1.807, 2.05) is 32.7 Å². The molecule has 2 aromatic rings. The molecule has 9 heteroatoms. The molecule has 1 aromatic heterocycles. The van der Waals surface area contributed by atoms with Gasteiger partial charge in [-0.05, 0) is 60.7 Å². The lowest BCUT2D eigenvalue weighted by atomic mass is 10.2. The van der Waals surface area contributed by atoms with Crippen molar-refractivity contribution in [2.45, 2.75) is 59.3 Å². The highest BCUT2D eigenvalue weighted by atomic mass is 16.6. The number of rotatable bonds is 5. The fraction of sp³-hybridized carbons (Fsp3) is 0.591. The molecular formula is C22H34N4O5. The van der Waals surface area contributed by atoms with Gasteiger partial charge in [0.25, 0.3) is 0 Å². The van der Waals surface area contributed by atoms with Crippen LogP contribution in [-0.4, -0.2) is 75.3 Å². The number of nitrogens with zero attached hydrogens (tertiary/aromatic N) is 4. The van der Waals surface area contributed by atoms with Crippen LogP contribution in [0.2, 0.25) is 0 Å². The Balaban J connectivity index is 2.16. The summed E-state index contributed by atoms with van der Waals surface area (Å²) in [6.07, 6.45) is -1.00. The number of amides is 1. The van der Waals surface area contributed by atoms with Crippen molar-refractivity contribution in [3.63, 3.8) is 0 Å². The second-order valence-corrected chi connectivity index (χ2v) is 9.65. The number of aromatic hydroxyl groups is 1. The van der Waals surface area contributed by atoms with Crippen LogP contribution in [0, 0.1) is 0 Å². The maximum Gasteiger partial charge on any atom is 0.435 e. The number of aromatic nitrogens is 2. The van der Waals surface area contributed by atoms with Gasteiger partial charge in [-0.15, -0.1) is 0 Å². The van der Waals surface area contributed by atoms with Gasteiger partial charge < -0.3 is 19.5 Å². The highest BCUT2D eigenvalue weighted by Crippen LogP contribution is 2.29. The lowest BCUT2D eigenvalue weighted by molar-refractivity contribution is 0.0285. The number of phenolic OH excluding ortho intramolecular Hbond substituents is 1. The fourth-order valence-electron chi connectivity index (χ4n) is 2.87. The van der Waals surface area contributed by atoms with Crippen LogP contribution in [-0.2, 0) is 16.0 Å². The average Bonchev–Trinajstić information content (AvgIpc) is 2.96. The molecule has 0 spiro atoms. The Labute approximate surface area is 183 Å². The molecular weight excluding hydrogens is 400 g/mol. The Morgan fingerprint density at radius 1 is 1.03 bits per heavy atom. The predicted molar refractivity (Wildman–Crippen MR) is 118 cm³/mol. The molecule has 2 rings (SSSR count). The third-order valence-electron chi connectivity index (χ3n) is 4.27. The zero-order valence-corrected chi connectivity index (χ0v) is 19.7. The third-order valence-corrected chi connectivity index (χ3v) is 4.27. The van der Waals surface area contributed by atoms with Gasteiger partial charge in [-0.1, -0.05) is 6.07 Å². The summed E-state index contributed by atoms with van der Waals surface area (Å²) in [5.74, 6) is 0.0431. The number of hydrogen-bond donors (Lipinski definition) is 1. The molecule has 0 unspecified atom stereocenters. The minimum Gasteiger partial charge on any atom is -0.507 e. The number of fused-ring (bicyclic) bond motifs is 1. The van der Waals surface area contributed by atoms with Gasteiger partial charge in [-0.3, -0.25) is 4.90 Å². The van der Waals surface area contributed by atoms with Crippen molar-refractivity contribution >= 4 is 23.1 Å². The Morgan fingerprint density at radius 3 is 2.23 bits per heavy atom. The lowest BCUT2D eigenvalue weighted by Gasteiger charge is -2.26. The Bertz CT molecular complexity index is 940. The van der Waals surface area contributed by atoms with Crippen LogP contribution in [0.15, 0.2) is 18.2 Å². The summed E-state index contributed by atoms with van der Waals surface area (Å²) in [6.45, 7) is 12.2. The van der Waals surface area contributed by atoms with E-state index in [9.17, 15) is 14.7 Å². The fourth-order valence-corrected chi connectivity index (χ4v) is 2.87. The van der Waals surface area contributed by atoms with Crippen molar-refractivity contribution in [1.82, 2.24) is 19.6 Å². The molecule has 172 valence electrons. The Morgan fingerprint density at radius 2 is 1.65 bits per heavy atom. The monoisotopic (exact) mass is 434 g/mol. The normalized spacial score (nSPS) is 12.3. The van der Waals surface area contributed by atoms with Gasteiger partial charge in [0.15, 0.2) is 0 Å². The van der Waals surface area contributed by atoms with E-state index < -0.39 is 23.4 Å². The molecule has 0 bridgehead atoms. The number of likely N-dealkylation sites (N-methyl/N-ethyl adjacent to an activating group) is 2. The molecule has 9 nitrogen and oxygen atoms in total. The summed E-state index contributed by atoms with van der Waals surface area (Å²) in [7, 11) is 3.56. The Kier molecular flexibility index (Phi) is 7.21. The molecule has 1 aromatic carbocycles. The first-order chi connectivity index (χ1) is 14.2. The molecule has 1 amide bonds. The first kappa shape index (κ1) is 24.5. The smallest absolute Gasteiger partial charge is 0.435 e. The molecule has 1 N–H and O–H groups in total. The lowest BCUT2D eigenvalue weighted by Crippen LogP contribution is -2.38. The largest absolute Gasteiger partial charge is 0.507 e. The van der Waals surface area contributed by atoms with Crippen molar-refractivity contribution < 1.29 is 24.2 Å². The van der Waals surface area contributed by atoms with Crippen LogP contribution in [0.1, 0.15) is 47.2 Å². The second-order valence-electron chi connectivity index (χ2n) is 9.65. The SMILES string of the molecule is CN(CCN(C)C(=O)OC(C)(C)C)Cc1nn(C(=O)OC(C)(C)C)c2cccc(O)c12. The molecule has 31 heavy (non-hydrogen) atoms. The van der Waals surface area contributed by atoms with E-state index in [1.165, 1.54) is 9.58 Å². The molecule has 0 aliphatic heterocycles. The van der Waals surface area contributed by atoms with Gasteiger partial charge in [-0.25, -0.2) is 9.59 Å². The number of phenols is 1. The van der Waals surface area contributed by atoms with Crippen molar-refractivity contribution in [2.75, 3.05) is 27.2 Å². The topological polar surface area (TPSA) is 97.1 Å². The third kappa shape index (κ3) is 6.85. The molecule has 0 fully saturated rings. The molecule has 0 saturated carbocycles. The highest BCUT2D eigenvalue weighted by molar-refractivity contribution is 5.93. The van der Waals surface area contributed by atoms with Crippen molar-refractivity contribution in [3.8, 4) is 5.75 Å². The zero-order chi connectivity index (χ0) is 23.6. The summed E-state index contributed by atoms with van der Waals surface area (Å²) >= 11 is 0. The van der Waals surface area contributed by atoms with Gasteiger partial charge in [-0.2, -0.15) is 9.78 Å². The van der Waals surface area contributed by atoms with Crippen LogP contribution >= 0.6 is 0 Å². The number of ether oxygens (including phenoxy) is 2. The molecule has 0 saturated heterocycles. The zero-order valence-electron chi connectivity index (χ0n) is 19.7. The van der Waals surface area contributed by atoms with Crippen molar-refractivity contribution in [3.05, 3.63) is 23.9 Å². The Hall–Kier alpha value is -2.81. The first-order valence-corrected chi connectivity index (χ1v) is 10.2. The molecule has 1 heterocycles. The molecule has 0 aliphatic rings. The predicted octanol–water partition coefficient (Wildman–Crippen LogP) is 3.82. The highest BCUT2D eigenvalue weighted by Gasteiger charge is 2.24. The van der Waals surface area contributed by atoms with Crippen LogP contribution in [0.25, 0.3) is 10.9 Å². The van der Waals surface area contributed by atoms with Crippen LogP contribution in [0.3, 0.4) is 0 Å². The van der Waals surface area contributed by atoms with Crippen LogP contribution in [0.5, 0.6) is 5.75 Å². The number of carbonyl (C=O) groups excluding carboxylic acids is 2.